The second-order valence-electron chi connectivity index (χ2n) is 6.58. The third-order valence-electron chi connectivity index (χ3n) is 5.17. The van der Waals surface area contributed by atoms with Crippen LogP contribution in [0.4, 0.5) is 0 Å². The Morgan fingerprint density at radius 1 is 0.750 bits per heavy atom. The number of allylic oxidation sites excluding steroid dienone is 8. The second kappa shape index (κ2) is 12.6. The van der Waals surface area contributed by atoms with Crippen molar-refractivity contribution < 1.29 is 49.0 Å². The van der Waals surface area contributed by atoms with E-state index >= 15 is 0 Å². The van der Waals surface area contributed by atoms with Crippen LogP contribution in [0.5, 0.6) is 0 Å². The molecule has 0 fully saturated rings. The molecule has 0 aromatic rings. The summed E-state index contributed by atoms with van der Waals surface area (Å²) >= 11 is 1.30. The van der Waals surface area contributed by atoms with E-state index in [1.165, 1.54) is 75.6 Å². The molecule has 0 radical (unpaired) electrons. The predicted octanol–water partition coefficient (Wildman–Crippen LogP) is -0.295. The van der Waals surface area contributed by atoms with E-state index in [0.29, 0.717) is 11.8 Å². The van der Waals surface area contributed by atoms with Crippen LogP contribution in [0.1, 0.15) is 65.2 Å². The SMILES string of the molecule is CC1[C-]=CC2=C1CCCC2.CC1[C-]=CC2=C1CCCC2.[CH2]=[Zr+2].[Cl-].[Cl-]. The summed E-state index contributed by atoms with van der Waals surface area (Å²) in [6.45, 7) is 4.51. The Kier molecular flexibility index (Phi) is 12.8. The van der Waals surface area contributed by atoms with Gasteiger partial charge in [-0.15, -0.1) is 0 Å². The molecule has 0 spiro atoms. The number of rotatable bonds is 0. The molecule has 4 aliphatic rings. The Labute approximate surface area is 176 Å². The molecule has 0 N–H and O–H groups in total. The molecule has 24 heavy (non-hydrogen) atoms. The van der Waals surface area contributed by atoms with E-state index < -0.39 is 0 Å². The zero-order valence-corrected chi connectivity index (χ0v) is 18.9. The topological polar surface area (TPSA) is 0 Å². The smallest absolute Gasteiger partial charge is 1.00 e. The van der Waals surface area contributed by atoms with E-state index in [2.05, 4.69) is 42.4 Å². The summed E-state index contributed by atoms with van der Waals surface area (Å²) in [5.41, 5.74) is 6.54. The van der Waals surface area contributed by atoms with Crippen LogP contribution in [0.2, 0.25) is 0 Å². The first-order valence-corrected chi connectivity index (χ1v) is 10.5. The quantitative estimate of drug-likeness (QED) is 0.452. The van der Waals surface area contributed by atoms with Gasteiger partial charge in [0.25, 0.3) is 0 Å². The number of halogens is 2. The molecule has 0 amide bonds. The molecule has 0 bridgehead atoms. The fourth-order valence-corrected chi connectivity index (χ4v) is 3.88. The zero-order chi connectivity index (χ0) is 15.9. The minimum absolute atomic E-state index is 0. The molecule has 0 heterocycles. The standard InChI is InChI=1S/2C10H13.CH2.2ClH.Zr/c2*1-8-6-7-9-4-2-3-5-10(8)9;;;;/h2*7-8H,2-5H2,1H3;1H2;2*1H;/q2*-1;;;;+2/p-2. The molecule has 2 atom stereocenters. The molecule has 0 nitrogen and oxygen atoms in total. The maximum atomic E-state index is 3.36. The molecule has 132 valence electrons. The van der Waals surface area contributed by atoms with Crippen LogP contribution in [0.25, 0.3) is 0 Å². The molecule has 0 saturated heterocycles. The van der Waals surface area contributed by atoms with Crippen LogP contribution in [0.3, 0.4) is 0 Å². The molecule has 4 rings (SSSR count). The van der Waals surface area contributed by atoms with Crippen LogP contribution in [-0.2, 0) is 24.2 Å². The fourth-order valence-electron chi connectivity index (χ4n) is 3.88. The Hall–Kier alpha value is 0.293. The normalized spacial score (nSPS) is 26.2. The maximum absolute atomic E-state index is 3.36. The van der Waals surface area contributed by atoms with Crippen molar-refractivity contribution in [3.8, 4) is 0 Å². The fraction of sp³-hybridized carbons (Fsp3) is 0.571. The summed E-state index contributed by atoms with van der Waals surface area (Å²) in [5, 5.41) is 0. The zero-order valence-electron chi connectivity index (χ0n) is 14.9. The van der Waals surface area contributed by atoms with Gasteiger partial charge < -0.3 is 24.8 Å². The molecule has 0 saturated carbocycles. The van der Waals surface area contributed by atoms with Gasteiger partial charge in [0, 0.05) is 0 Å². The van der Waals surface area contributed by atoms with Crippen molar-refractivity contribution in [2.24, 2.45) is 11.8 Å². The largest absolute Gasteiger partial charge is 1.00 e. The molecule has 0 aliphatic heterocycles. The van der Waals surface area contributed by atoms with Gasteiger partial charge in [-0.1, -0.05) is 64.2 Å². The van der Waals surface area contributed by atoms with Gasteiger partial charge in [0.05, 0.1) is 0 Å². The van der Waals surface area contributed by atoms with E-state index in [1.54, 1.807) is 22.3 Å². The summed E-state index contributed by atoms with van der Waals surface area (Å²) in [5.74, 6) is 1.27. The van der Waals surface area contributed by atoms with Gasteiger partial charge in [0.1, 0.15) is 0 Å². The van der Waals surface area contributed by atoms with E-state index in [-0.39, 0.29) is 24.8 Å². The van der Waals surface area contributed by atoms with Crippen LogP contribution in [0.15, 0.2) is 34.4 Å². The van der Waals surface area contributed by atoms with Crippen LogP contribution in [-0.4, -0.2) is 4.21 Å². The van der Waals surface area contributed by atoms with Gasteiger partial charge in [-0.2, -0.15) is 22.3 Å². The number of hydrogen-bond donors (Lipinski definition) is 0. The average molecular weight is 443 g/mol. The van der Waals surface area contributed by atoms with Crippen LogP contribution in [0, 0.1) is 24.0 Å². The van der Waals surface area contributed by atoms with Crippen LogP contribution >= 0.6 is 0 Å². The maximum Gasteiger partial charge on any atom is -1.00 e. The van der Waals surface area contributed by atoms with Crippen molar-refractivity contribution in [3.63, 3.8) is 0 Å². The monoisotopic (exact) mass is 440 g/mol. The summed E-state index contributed by atoms with van der Waals surface area (Å²) in [6.07, 6.45) is 22.0. The molecule has 0 aromatic heterocycles. The summed E-state index contributed by atoms with van der Waals surface area (Å²) in [6, 6.07) is 0. The Bertz CT molecular complexity index is 468. The molecule has 2 unspecified atom stereocenters. The molecular weight excluding hydrogens is 414 g/mol. The first kappa shape index (κ1) is 24.3. The summed E-state index contributed by atoms with van der Waals surface area (Å²) in [7, 11) is 0. The molecule has 4 aliphatic carbocycles. The summed E-state index contributed by atoms with van der Waals surface area (Å²) in [4.78, 5) is 0. The minimum Gasteiger partial charge on any atom is -1.00 e. The van der Waals surface area contributed by atoms with Crippen LogP contribution < -0.4 is 24.8 Å². The molecular formula is C21H28Cl2Zr-2. The Morgan fingerprint density at radius 2 is 1.08 bits per heavy atom. The third-order valence-corrected chi connectivity index (χ3v) is 5.17. The van der Waals surface area contributed by atoms with E-state index in [1.807, 2.05) is 0 Å². The van der Waals surface area contributed by atoms with Gasteiger partial charge >= 0.3 is 28.4 Å². The van der Waals surface area contributed by atoms with E-state index in [0.717, 1.165) is 0 Å². The van der Waals surface area contributed by atoms with Crippen molar-refractivity contribution in [1.29, 1.82) is 0 Å². The van der Waals surface area contributed by atoms with Gasteiger partial charge in [-0.05, 0) is 12.8 Å². The van der Waals surface area contributed by atoms with E-state index in [4.69, 9.17) is 0 Å². The van der Waals surface area contributed by atoms with Crippen molar-refractivity contribution in [2.45, 2.75) is 65.2 Å². The number of hydrogen-bond acceptors (Lipinski definition) is 0. The average Bonchev–Trinajstić information content (AvgIpc) is 3.15. The Morgan fingerprint density at radius 3 is 1.42 bits per heavy atom. The van der Waals surface area contributed by atoms with Crippen molar-refractivity contribution in [2.75, 3.05) is 0 Å². The first-order valence-electron chi connectivity index (χ1n) is 8.73. The van der Waals surface area contributed by atoms with Gasteiger partial charge in [-0.25, -0.2) is 12.2 Å². The van der Waals surface area contributed by atoms with Gasteiger partial charge in [0.15, 0.2) is 0 Å². The van der Waals surface area contributed by atoms with Crippen molar-refractivity contribution in [1.82, 2.24) is 0 Å². The predicted molar refractivity (Wildman–Crippen MR) is 92.1 cm³/mol. The third kappa shape index (κ3) is 6.23. The van der Waals surface area contributed by atoms with Crippen molar-refractivity contribution in [3.05, 3.63) is 46.6 Å². The summed E-state index contributed by atoms with van der Waals surface area (Å²) < 4.78 is 3.34. The van der Waals surface area contributed by atoms with E-state index in [9.17, 15) is 0 Å². The first-order chi connectivity index (χ1) is 10.8. The molecule has 0 aromatic carbocycles. The Balaban J connectivity index is 0.000000372. The second-order valence-corrected chi connectivity index (χ2v) is 6.58. The van der Waals surface area contributed by atoms with Crippen molar-refractivity contribution >= 4 is 4.21 Å². The van der Waals surface area contributed by atoms with Gasteiger partial charge in [-0.3, -0.25) is 12.2 Å². The molecule has 3 heteroatoms. The minimum atomic E-state index is 0. The van der Waals surface area contributed by atoms with Gasteiger partial charge in [0.2, 0.25) is 0 Å².